The molecule has 19 heavy (non-hydrogen) atoms. The van der Waals surface area contributed by atoms with Gasteiger partial charge in [0.2, 0.25) is 5.91 Å². The van der Waals surface area contributed by atoms with E-state index in [-0.39, 0.29) is 17.2 Å². The van der Waals surface area contributed by atoms with Crippen LogP contribution in [0.15, 0.2) is 36.9 Å². The van der Waals surface area contributed by atoms with Gasteiger partial charge < -0.3 is 10.4 Å². The first-order valence-corrected chi connectivity index (χ1v) is 5.57. The van der Waals surface area contributed by atoms with Gasteiger partial charge in [0.15, 0.2) is 0 Å². The van der Waals surface area contributed by atoms with Gasteiger partial charge in [-0.2, -0.15) is 5.10 Å². The van der Waals surface area contributed by atoms with Crippen LogP contribution < -0.4 is 5.32 Å². The van der Waals surface area contributed by atoms with Crippen LogP contribution in [0.1, 0.15) is 23.3 Å². The van der Waals surface area contributed by atoms with Crippen molar-refractivity contribution in [3.63, 3.8) is 0 Å². The zero-order chi connectivity index (χ0) is 13.8. The molecule has 7 nitrogen and oxygen atoms in total. The number of carboxylic acid groups (broad SMARTS) is 1. The molecular formula is C12H12N4O3. The van der Waals surface area contributed by atoms with E-state index in [9.17, 15) is 9.59 Å². The maximum atomic E-state index is 12.0. The van der Waals surface area contributed by atoms with E-state index in [1.165, 1.54) is 23.1 Å². The molecule has 0 fully saturated rings. The number of aromatic nitrogens is 3. The van der Waals surface area contributed by atoms with Gasteiger partial charge in [-0.1, -0.05) is 0 Å². The fourth-order valence-electron chi connectivity index (χ4n) is 1.55. The monoisotopic (exact) mass is 260 g/mol. The summed E-state index contributed by atoms with van der Waals surface area (Å²) in [5.41, 5.74) is 0.162. The van der Waals surface area contributed by atoms with Gasteiger partial charge in [-0.05, 0) is 19.1 Å². The van der Waals surface area contributed by atoms with Crippen molar-refractivity contribution in [2.24, 2.45) is 0 Å². The molecule has 1 atom stereocenters. The van der Waals surface area contributed by atoms with E-state index in [1.807, 2.05) is 0 Å². The Morgan fingerprint density at radius 2 is 2.21 bits per heavy atom. The number of carboxylic acids is 1. The highest BCUT2D eigenvalue weighted by Crippen LogP contribution is 2.15. The number of aromatic carboxylic acids is 1. The zero-order valence-corrected chi connectivity index (χ0v) is 10.1. The summed E-state index contributed by atoms with van der Waals surface area (Å²) in [6.45, 7) is 1.67. The van der Waals surface area contributed by atoms with Gasteiger partial charge in [-0.15, -0.1) is 0 Å². The van der Waals surface area contributed by atoms with Crippen LogP contribution in [0.2, 0.25) is 0 Å². The molecule has 0 aliphatic rings. The highest BCUT2D eigenvalue weighted by Gasteiger charge is 2.18. The number of carbonyl (C=O) groups excluding carboxylic acids is 1. The fourth-order valence-corrected chi connectivity index (χ4v) is 1.55. The minimum Gasteiger partial charge on any atom is -0.478 e. The first-order valence-electron chi connectivity index (χ1n) is 5.57. The molecule has 0 spiro atoms. The first kappa shape index (κ1) is 12.7. The molecule has 2 aromatic heterocycles. The van der Waals surface area contributed by atoms with E-state index >= 15 is 0 Å². The molecule has 0 bridgehead atoms. The summed E-state index contributed by atoms with van der Waals surface area (Å²) in [6.07, 6.45) is 5.88. The van der Waals surface area contributed by atoms with E-state index in [4.69, 9.17) is 5.11 Å². The highest BCUT2D eigenvalue weighted by molar-refractivity contribution is 6.01. The van der Waals surface area contributed by atoms with E-state index in [0.29, 0.717) is 0 Å². The number of nitrogens with zero attached hydrogens (tertiary/aromatic N) is 3. The SMILES string of the molecule is CC(C(=O)Nc1cnccc1C(=O)O)n1cccn1. The van der Waals surface area contributed by atoms with E-state index in [2.05, 4.69) is 15.4 Å². The molecule has 1 amide bonds. The molecule has 98 valence electrons. The fraction of sp³-hybridized carbons (Fsp3) is 0.167. The minimum absolute atomic E-state index is 0.00369. The van der Waals surface area contributed by atoms with Crippen LogP contribution in [0, 0.1) is 0 Å². The van der Waals surface area contributed by atoms with Crippen molar-refractivity contribution in [1.29, 1.82) is 0 Å². The third kappa shape index (κ3) is 2.76. The topological polar surface area (TPSA) is 97.1 Å². The summed E-state index contributed by atoms with van der Waals surface area (Å²) in [5.74, 6) is -1.48. The number of carbonyl (C=O) groups is 2. The Morgan fingerprint density at radius 3 is 2.84 bits per heavy atom. The van der Waals surface area contributed by atoms with Gasteiger partial charge in [0.1, 0.15) is 6.04 Å². The van der Waals surface area contributed by atoms with Crippen LogP contribution in [0.4, 0.5) is 5.69 Å². The molecule has 1 unspecified atom stereocenters. The molecule has 2 N–H and O–H groups in total. The third-order valence-electron chi connectivity index (χ3n) is 2.61. The lowest BCUT2D eigenvalue weighted by atomic mass is 10.2. The van der Waals surface area contributed by atoms with Gasteiger partial charge in [0.25, 0.3) is 0 Å². The molecule has 2 rings (SSSR count). The third-order valence-corrected chi connectivity index (χ3v) is 2.61. The quantitative estimate of drug-likeness (QED) is 0.860. The molecule has 0 saturated carbocycles. The molecular weight excluding hydrogens is 248 g/mol. The Kier molecular flexibility index (Phi) is 3.56. The Hall–Kier alpha value is -2.70. The summed E-state index contributed by atoms with van der Waals surface area (Å²) in [7, 11) is 0. The average Bonchev–Trinajstić information content (AvgIpc) is 2.92. The second-order valence-corrected chi connectivity index (χ2v) is 3.88. The van der Waals surface area contributed by atoms with Gasteiger partial charge in [0, 0.05) is 18.6 Å². The van der Waals surface area contributed by atoms with Crippen molar-refractivity contribution < 1.29 is 14.7 Å². The first-order chi connectivity index (χ1) is 9.09. The van der Waals surface area contributed by atoms with Crippen molar-refractivity contribution in [2.45, 2.75) is 13.0 Å². The maximum Gasteiger partial charge on any atom is 0.337 e. The molecule has 0 aliphatic carbocycles. The molecule has 2 aromatic rings. The number of amides is 1. The van der Waals surface area contributed by atoms with E-state index in [0.717, 1.165) is 0 Å². The summed E-state index contributed by atoms with van der Waals surface area (Å²) >= 11 is 0. The van der Waals surface area contributed by atoms with Crippen LogP contribution in [-0.2, 0) is 4.79 Å². The number of rotatable bonds is 4. The predicted octanol–water partition coefficient (Wildman–Crippen LogP) is 1.18. The van der Waals surface area contributed by atoms with Crippen LogP contribution >= 0.6 is 0 Å². The van der Waals surface area contributed by atoms with Crippen LogP contribution in [0.3, 0.4) is 0 Å². The number of pyridine rings is 1. The van der Waals surface area contributed by atoms with Gasteiger partial charge in [0.05, 0.1) is 17.4 Å². The van der Waals surface area contributed by atoms with Crippen LogP contribution in [0.5, 0.6) is 0 Å². The lowest BCUT2D eigenvalue weighted by Gasteiger charge is -2.13. The number of hydrogen-bond donors (Lipinski definition) is 2. The smallest absolute Gasteiger partial charge is 0.337 e. The summed E-state index contributed by atoms with van der Waals surface area (Å²) < 4.78 is 1.48. The standard InChI is InChI=1S/C12H12N4O3/c1-8(16-6-2-4-14-16)11(17)15-10-7-13-5-3-9(10)12(18)19/h2-8H,1H3,(H,15,17)(H,18,19). The molecule has 7 heteroatoms. The zero-order valence-electron chi connectivity index (χ0n) is 10.1. The normalized spacial score (nSPS) is 11.8. The van der Waals surface area contributed by atoms with Crippen LogP contribution in [-0.4, -0.2) is 31.7 Å². The molecule has 0 radical (unpaired) electrons. The lowest BCUT2D eigenvalue weighted by Crippen LogP contribution is -2.25. The summed E-state index contributed by atoms with van der Waals surface area (Å²) in [4.78, 5) is 26.8. The lowest BCUT2D eigenvalue weighted by molar-refractivity contribution is -0.119. The van der Waals surface area contributed by atoms with Crippen LogP contribution in [0.25, 0.3) is 0 Å². The maximum absolute atomic E-state index is 12.0. The Balaban J connectivity index is 2.18. The molecule has 0 aliphatic heterocycles. The predicted molar refractivity (Wildman–Crippen MR) is 66.8 cm³/mol. The van der Waals surface area contributed by atoms with Gasteiger partial charge >= 0.3 is 5.97 Å². The van der Waals surface area contributed by atoms with Crippen molar-refractivity contribution in [3.05, 3.63) is 42.5 Å². The number of anilines is 1. The highest BCUT2D eigenvalue weighted by atomic mass is 16.4. The number of nitrogens with one attached hydrogen (secondary N) is 1. The second-order valence-electron chi connectivity index (χ2n) is 3.88. The molecule has 0 saturated heterocycles. The largest absolute Gasteiger partial charge is 0.478 e. The Bertz CT molecular complexity index is 595. The molecule has 0 aromatic carbocycles. The molecule has 2 heterocycles. The summed E-state index contributed by atoms with van der Waals surface area (Å²) in [6, 6.07) is 2.49. The summed E-state index contributed by atoms with van der Waals surface area (Å²) in [5, 5.41) is 15.5. The van der Waals surface area contributed by atoms with Gasteiger partial charge in [-0.25, -0.2) is 4.79 Å². The van der Waals surface area contributed by atoms with Crippen molar-refractivity contribution in [1.82, 2.24) is 14.8 Å². The van der Waals surface area contributed by atoms with Crippen molar-refractivity contribution >= 4 is 17.6 Å². The van der Waals surface area contributed by atoms with E-state index < -0.39 is 12.0 Å². The average molecular weight is 260 g/mol. The van der Waals surface area contributed by atoms with Gasteiger partial charge in [-0.3, -0.25) is 14.5 Å². The van der Waals surface area contributed by atoms with E-state index in [1.54, 1.807) is 25.4 Å². The second kappa shape index (κ2) is 5.30. The Morgan fingerprint density at radius 1 is 1.42 bits per heavy atom. The van der Waals surface area contributed by atoms with Crippen molar-refractivity contribution in [3.8, 4) is 0 Å². The number of hydrogen-bond acceptors (Lipinski definition) is 4. The Labute approximate surface area is 108 Å². The minimum atomic E-state index is -1.12. The van der Waals surface area contributed by atoms with Crippen molar-refractivity contribution in [2.75, 3.05) is 5.32 Å².